The molecule has 1 fully saturated rings. The van der Waals surface area contributed by atoms with Crippen LogP contribution in [0, 0.1) is 0 Å². The van der Waals surface area contributed by atoms with Crippen molar-refractivity contribution in [1.29, 1.82) is 0 Å². The van der Waals surface area contributed by atoms with E-state index < -0.39 is 57.3 Å². The molecule has 120 valence electrons. The first-order chi connectivity index (χ1) is 9.02. The first-order valence-corrected chi connectivity index (χ1v) is 6.98. The summed E-state index contributed by atoms with van der Waals surface area (Å²) < 4.78 is 19.2. The second-order valence-electron chi connectivity index (χ2n) is 4.37. The van der Waals surface area contributed by atoms with Crippen molar-refractivity contribution in [2.75, 3.05) is 13.2 Å². The van der Waals surface area contributed by atoms with Crippen LogP contribution in [0.4, 0.5) is 0 Å². The van der Waals surface area contributed by atoms with Crippen molar-refractivity contribution < 1.29 is 54.3 Å². The van der Waals surface area contributed by atoms with Gasteiger partial charge in [-0.1, -0.05) is 0 Å². The van der Waals surface area contributed by atoms with Gasteiger partial charge in [-0.2, -0.15) is 0 Å². The number of hydrogen-bond acceptors (Lipinski definition) is 9. The van der Waals surface area contributed by atoms with Crippen LogP contribution in [0.2, 0.25) is 0 Å². The molecule has 8 N–H and O–H groups in total. The zero-order valence-corrected chi connectivity index (χ0v) is 10.9. The lowest BCUT2D eigenvalue weighted by Gasteiger charge is -2.46. The molecule has 11 nitrogen and oxygen atoms in total. The van der Waals surface area contributed by atoms with Crippen LogP contribution in [-0.2, 0) is 13.8 Å². The number of phosphoric ester groups is 1. The van der Waals surface area contributed by atoms with Crippen molar-refractivity contribution >= 4 is 7.82 Å². The molecule has 0 amide bonds. The molecule has 12 heteroatoms. The highest BCUT2D eigenvalue weighted by atomic mass is 31.2. The van der Waals surface area contributed by atoms with E-state index >= 15 is 0 Å². The van der Waals surface area contributed by atoms with Gasteiger partial charge in [0.2, 0.25) is 5.79 Å². The van der Waals surface area contributed by atoms with Crippen molar-refractivity contribution in [3.63, 3.8) is 0 Å². The SMILES string of the molecule is O=P(O)(O)OC[C@@H](O)[C@H]1O[C@@](O)(CO)[C@H](O)[C@@H](O)[C@@H]1O. The van der Waals surface area contributed by atoms with E-state index in [1.165, 1.54) is 0 Å². The highest BCUT2D eigenvalue weighted by Crippen LogP contribution is 2.37. The van der Waals surface area contributed by atoms with Gasteiger partial charge in [-0.15, -0.1) is 0 Å². The van der Waals surface area contributed by atoms with Crippen LogP contribution in [0.3, 0.4) is 0 Å². The van der Waals surface area contributed by atoms with Gasteiger partial charge in [0.1, 0.15) is 30.5 Å². The summed E-state index contributed by atoms with van der Waals surface area (Å²) in [7, 11) is -4.88. The molecule has 1 aliphatic rings. The summed E-state index contributed by atoms with van der Waals surface area (Å²) in [6.45, 7) is -2.13. The third kappa shape index (κ3) is 3.93. The van der Waals surface area contributed by atoms with Gasteiger partial charge in [0.05, 0.1) is 13.2 Å². The largest absolute Gasteiger partial charge is 0.469 e. The average molecular weight is 320 g/mol. The minimum Gasteiger partial charge on any atom is -0.391 e. The van der Waals surface area contributed by atoms with Gasteiger partial charge in [0.15, 0.2) is 0 Å². The molecule has 0 aromatic rings. The van der Waals surface area contributed by atoms with Gasteiger partial charge in [-0.05, 0) is 0 Å². The Morgan fingerprint density at radius 1 is 1.25 bits per heavy atom. The Morgan fingerprint density at radius 2 is 1.80 bits per heavy atom. The summed E-state index contributed by atoms with van der Waals surface area (Å²) >= 11 is 0. The van der Waals surface area contributed by atoms with Crippen molar-refractivity contribution in [3.05, 3.63) is 0 Å². The molecule has 0 aromatic heterocycles. The lowest BCUT2D eigenvalue weighted by molar-refractivity contribution is -0.365. The van der Waals surface area contributed by atoms with Crippen LogP contribution in [-0.4, -0.2) is 89.9 Å². The maximum absolute atomic E-state index is 10.5. The fourth-order valence-corrected chi connectivity index (χ4v) is 2.08. The predicted molar refractivity (Wildman–Crippen MR) is 58.9 cm³/mol. The maximum Gasteiger partial charge on any atom is 0.469 e. The average Bonchev–Trinajstić information content (AvgIpc) is 2.37. The predicted octanol–water partition coefficient (Wildman–Crippen LogP) is -4.38. The first-order valence-electron chi connectivity index (χ1n) is 5.45. The van der Waals surface area contributed by atoms with E-state index in [9.17, 15) is 30.1 Å². The van der Waals surface area contributed by atoms with E-state index in [1.807, 2.05) is 0 Å². The van der Waals surface area contributed by atoms with Crippen molar-refractivity contribution in [1.82, 2.24) is 0 Å². The molecule has 0 bridgehead atoms. The van der Waals surface area contributed by atoms with E-state index in [4.69, 9.17) is 19.6 Å². The Bertz CT molecular complexity index is 371. The highest BCUT2D eigenvalue weighted by Gasteiger charge is 2.54. The molecule has 0 saturated carbocycles. The number of rotatable bonds is 5. The van der Waals surface area contributed by atoms with Crippen molar-refractivity contribution in [2.24, 2.45) is 0 Å². The van der Waals surface area contributed by atoms with Crippen LogP contribution in [0.25, 0.3) is 0 Å². The summed E-state index contributed by atoms with van der Waals surface area (Å²) in [4.78, 5) is 16.9. The number of aliphatic hydroxyl groups excluding tert-OH is 5. The van der Waals surface area contributed by atoms with Crippen molar-refractivity contribution in [3.8, 4) is 0 Å². The second-order valence-corrected chi connectivity index (χ2v) is 5.60. The fourth-order valence-electron chi connectivity index (χ4n) is 1.73. The van der Waals surface area contributed by atoms with E-state index in [0.29, 0.717) is 0 Å². The number of hydrogen-bond donors (Lipinski definition) is 8. The third-order valence-corrected chi connectivity index (χ3v) is 3.32. The van der Waals surface area contributed by atoms with Crippen LogP contribution >= 0.6 is 7.82 Å². The Balaban J connectivity index is 2.80. The molecule has 0 unspecified atom stereocenters. The number of aliphatic hydroxyl groups is 6. The molecule has 0 aliphatic carbocycles. The Morgan fingerprint density at radius 3 is 2.25 bits per heavy atom. The fraction of sp³-hybridized carbons (Fsp3) is 1.00. The third-order valence-electron chi connectivity index (χ3n) is 2.83. The van der Waals surface area contributed by atoms with Crippen LogP contribution in [0.1, 0.15) is 0 Å². The summed E-state index contributed by atoms with van der Waals surface area (Å²) in [6, 6.07) is 0. The molecule has 0 spiro atoms. The van der Waals surface area contributed by atoms with E-state index in [1.54, 1.807) is 0 Å². The molecule has 20 heavy (non-hydrogen) atoms. The first kappa shape index (κ1) is 17.9. The van der Waals surface area contributed by atoms with Gasteiger partial charge >= 0.3 is 7.82 Å². The Kier molecular flexibility index (Phi) is 5.63. The quantitative estimate of drug-likeness (QED) is 0.228. The van der Waals surface area contributed by atoms with E-state index in [0.717, 1.165) is 0 Å². The molecule has 0 aromatic carbocycles. The lowest BCUT2D eigenvalue weighted by Crippen LogP contribution is -2.68. The number of ether oxygens (including phenoxy) is 1. The summed E-state index contributed by atoms with van der Waals surface area (Å²) in [6.07, 6.45) is -9.49. The van der Waals surface area contributed by atoms with Gasteiger partial charge in [-0.3, -0.25) is 4.52 Å². The second kappa shape index (κ2) is 6.30. The molecular weight excluding hydrogens is 303 g/mol. The van der Waals surface area contributed by atoms with Gasteiger partial charge in [0, 0.05) is 0 Å². The van der Waals surface area contributed by atoms with E-state index in [-0.39, 0.29) is 0 Å². The molecular formula is C8H17O11P. The monoisotopic (exact) mass is 320 g/mol. The summed E-state index contributed by atoms with van der Waals surface area (Å²) in [5.41, 5.74) is 0. The van der Waals surface area contributed by atoms with Crippen LogP contribution in [0.5, 0.6) is 0 Å². The summed E-state index contributed by atoms with van der Waals surface area (Å²) in [5, 5.41) is 56.7. The minimum absolute atomic E-state index is 0.976. The molecule has 1 aliphatic heterocycles. The molecule has 6 atom stereocenters. The summed E-state index contributed by atoms with van der Waals surface area (Å²) in [5.74, 6) is -2.65. The van der Waals surface area contributed by atoms with Crippen LogP contribution in [0.15, 0.2) is 0 Å². The standard InChI is InChI=1S/C8H17O11P/c9-2-8(14)7(13)5(12)4(11)6(19-8)3(10)1-18-20(15,16)17/h3-7,9-14H,1-2H2,(H2,15,16,17)/t3-,4+,5+,6-,7-,8+/m1/s1. The zero-order chi connectivity index (χ0) is 15.7. The minimum atomic E-state index is -4.88. The molecule has 1 saturated heterocycles. The van der Waals surface area contributed by atoms with E-state index in [2.05, 4.69) is 4.52 Å². The smallest absolute Gasteiger partial charge is 0.391 e. The Labute approximate surface area is 112 Å². The lowest BCUT2D eigenvalue weighted by atomic mass is 9.90. The topological polar surface area (TPSA) is 197 Å². The molecule has 1 heterocycles. The molecule has 1 rings (SSSR count). The highest BCUT2D eigenvalue weighted by molar-refractivity contribution is 7.46. The van der Waals surface area contributed by atoms with Gasteiger partial charge in [0.25, 0.3) is 0 Å². The maximum atomic E-state index is 10.5. The molecule has 0 radical (unpaired) electrons. The van der Waals surface area contributed by atoms with Gasteiger partial charge < -0.3 is 45.2 Å². The Hall–Kier alpha value is -0.170. The van der Waals surface area contributed by atoms with Crippen molar-refractivity contribution in [2.45, 2.75) is 36.3 Å². The van der Waals surface area contributed by atoms with Gasteiger partial charge in [-0.25, -0.2) is 4.57 Å². The normalized spacial score (nSPS) is 40.6. The number of phosphoric acid groups is 1. The van der Waals surface area contributed by atoms with Crippen LogP contribution < -0.4 is 0 Å². The zero-order valence-electron chi connectivity index (χ0n) is 10.1.